The second kappa shape index (κ2) is 7.32. The highest BCUT2D eigenvalue weighted by molar-refractivity contribution is 9.10. The summed E-state index contributed by atoms with van der Waals surface area (Å²) in [7, 11) is 0. The maximum atomic E-state index is 13.5. The molecule has 1 aromatic carbocycles. The standard InChI is InChI=1S/C16H12BrFN2O4S/c1-2-23-14(21)8-20-10-4-3-9(18)7-12(10)25-16(20)19-15(22)11-5-6-13(17)24-11/h3-7H,2,8H2,1H3. The van der Waals surface area contributed by atoms with Gasteiger partial charge in [0.1, 0.15) is 12.4 Å². The lowest BCUT2D eigenvalue weighted by Crippen LogP contribution is -2.23. The normalized spacial score (nSPS) is 11.9. The van der Waals surface area contributed by atoms with Gasteiger partial charge in [-0.05, 0) is 53.2 Å². The highest BCUT2D eigenvalue weighted by atomic mass is 79.9. The van der Waals surface area contributed by atoms with E-state index in [-0.39, 0.29) is 23.7 Å². The van der Waals surface area contributed by atoms with Gasteiger partial charge in [-0.3, -0.25) is 9.59 Å². The first-order chi connectivity index (χ1) is 12.0. The summed E-state index contributed by atoms with van der Waals surface area (Å²) in [6.07, 6.45) is 0. The first-order valence-corrected chi connectivity index (χ1v) is 8.88. The molecule has 25 heavy (non-hydrogen) atoms. The largest absolute Gasteiger partial charge is 0.465 e. The summed E-state index contributed by atoms with van der Waals surface area (Å²) in [6.45, 7) is 1.81. The van der Waals surface area contributed by atoms with Crippen LogP contribution in [-0.4, -0.2) is 23.1 Å². The quantitative estimate of drug-likeness (QED) is 0.598. The Labute approximate surface area is 153 Å². The smallest absolute Gasteiger partial charge is 0.326 e. The van der Waals surface area contributed by atoms with Crippen molar-refractivity contribution in [1.29, 1.82) is 0 Å². The summed E-state index contributed by atoms with van der Waals surface area (Å²) in [5.74, 6) is -1.43. The van der Waals surface area contributed by atoms with E-state index in [0.717, 1.165) is 11.3 Å². The van der Waals surface area contributed by atoms with Crippen molar-refractivity contribution in [2.45, 2.75) is 13.5 Å². The minimum atomic E-state index is -0.602. The van der Waals surface area contributed by atoms with Crippen LogP contribution in [0.25, 0.3) is 10.2 Å². The maximum Gasteiger partial charge on any atom is 0.326 e. The third-order valence-corrected chi connectivity index (χ3v) is 4.69. The van der Waals surface area contributed by atoms with E-state index in [2.05, 4.69) is 20.9 Å². The molecular weight excluding hydrogens is 415 g/mol. The highest BCUT2D eigenvalue weighted by Gasteiger charge is 2.15. The first-order valence-electron chi connectivity index (χ1n) is 7.27. The van der Waals surface area contributed by atoms with Crippen molar-refractivity contribution in [3.63, 3.8) is 0 Å². The molecule has 0 spiro atoms. The van der Waals surface area contributed by atoms with Gasteiger partial charge in [0.25, 0.3) is 0 Å². The van der Waals surface area contributed by atoms with Crippen molar-refractivity contribution in [3.05, 3.63) is 51.4 Å². The summed E-state index contributed by atoms with van der Waals surface area (Å²) in [6, 6.07) is 7.21. The summed E-state index contributed by atoms with van der Waals surface area (Å²) in [4.78, 5) is 28.4. The van der Waals surface area contributed by atoms with E-state index in [1.807, 2.05) is 0 Å². The van der Waals surface area contributed by atoms with Crippen LogP contribution >= 0.6 is 27.3 Å². The molecule has 0 radical (unpaired) electrons. The zero-order chi connectivity index (χ0) is 18.0. The molecule has 0 fully saturated rings. The molecule has 0 aliphatic heterocycles. The fourth-order valence-electron chi connectivity index (χ4n) is 2.19. The van der Waals surface area contributed by atoms with Gasteiger partial charge in [-0.1, -0.05) is 11.3 Å². The number of benzene rings is 1. The molecule has 2 heterocycles. The van der Waals surface area contributed by atoms with Crippen molar-refractivity contribution in [3.8, 4) is 0 Å². The molecule has 3 aromatic rings. The Morgan fingerprint density at radius 1 is 1.36 bits per heavy atom. The third kappa shape index (κ3) is 3.88. The Bertz CT molecular complexity index is 1020. The van der Waals surface area contributed by atoms with Gasteiger partial charge in [0.2, 0.25) is 0 Å². The number of nitrogens with zero attached hydrogens (tertiary/aromatic N) is 2. The Hall–Kier alpha value is -2.26. The monoisotopic (exact) mass is 426 g/mol. The molecule has 0 saturated carbocycles. The number of thiazole rings is 1. The SMILES string of the molecule is CCOC(=O)Cn1c(=NC(=O)c2ccc(Br)o2)sc2cc(F)ccc21. The summed E-state index contributed by atoms with van der Waals surface area (Å²) < 4.78 is 26.1. The molecule has 0 aliphatic carbocycles. The number of esters is 1. The second-order valence-corrected chi connectivity index (χ2v) is 6.70. The number of ether oxygens (including phenoxy) is 1. The van der Waals surface area contributed by atoms with Crippen LogP contribution < -0.4 is 4.80 Å². The van der Waals surface area contributed by atoms with Gasteiger partial charge >= 0.3 is 11.9 Å². The average Bonchev–Trinajstić information content (AvgIpc) is 3.12. The van der Waals surface area contributed by atoms with Gasteiger partial charge < -0.3 is 13.7 Å². The van der Waals surface area contributed by atoms with Crippen LogP contribution in [0.4, 0.5) is 4.39 Å². The molecule has 0 N–H and O–H groups in total. The van der Waals surface area contributed by atoms with Crippen LogP contribution in [0, 0.1) is 5.82 Å². The summed E-state index contributed by atoms with van der Waals surface area (Å²) >= 11 is 4.22. The summed E-state index contributed by atoms with van der Waals surface area (Å²) in [5.41, 5.74) is 0.589. The number of fused-ring (bicyclic) bond motifs is 1. The molecule has 0 saturated heterocycles. The molecule has 0 aliphatic rings. The number of carbonyl (C=O) groups is 2. The molecule has 3 rings (SSSR count). The van der Waals surface area contributed by atoms with E-state index >= 15 is 0 Å². The number of hydrogen-bond acceptors (Lipinski definition) is 5. The van der Waals surface area contributed by atoms with Gasteiger partial charge in [-0.25, -0.2) is 4.39 Å². The third-order valence-electron chi connectivity index (χ3n) is 3.22. The zero-order valence-electron chi connectivity index (χ0n) is 13.0. The maximum absolute atomic E-state index is 13.5. The highest BCUT2D eigenvalue weighted by Crippen LogP contribution is 2.19. The number of rotatable bonds is 4. The average molecular weight is 427 g/mol. The van der Waals surface area contributed by atoms with Crippen LogP contribution in [0.2, 0.25) is 0 Å². The Morgan fingerprint density at radius 3 is 2.84 bits per heavy atom. The van der Waals surface area contributed by atoms with E-state index in [4.69, 9.17) is 9.15 Å². The minimum absolute atomic E-state index is 0.0539. The van der Waals surface area contributed by atoms with Crippen LogP contribution in [0.15, 0.2) is 44.4 Å². The minimum Gasteiger partial charge on any atom is -0.465 e. The van der Waals surface area contributed by atoms with Crippen molar-refractivity contribution in [2.75, 3.05) is 6.61 Å². The van der Waals surface area contributed by atoms with Gasteiger partial charge in [0.15, 0.2) is 15.2 Å². The number of carbonyl (C=O) groups excluding carboxylic acids is 2. The van der Waals surface area contributed by atoms with E-state index < -0.39 is 17.7 Å². The molecule has 6 nitrogen and oxygen atoms in total. The van der Waals surface area contributed by atoms with Crippen LogP contribution in [0.5, 0.6) is 0 Å². The lowest BCUT2D eigenvalue weighted by atomic mass is 10.3. The first kappa shape index (κ1) is 17.6. The number of hydrogen-bond donors (Lipinski definition) is 0. The van der Waals surface area contributed by atoms with E-state index in [9.17, 15) is 14.0 Å². The lowest BCUT2D eigenvalue weighted by molar-refractivity contribution is -0.143. The molecule has 130 valence electrons. The molecule has 1 amide bonds. The summed E-state index contributed by atoms with van der Waals surface area (Å²) in [5, 5.41) is 0. The molecule has 0 atom stereocenters. The Kier molecular flexibility index (Phi) is 5.14. The van der Waals surface area contributed by atoms with Crippen LogP contribution in [0.3, 0.4) is 0 Å². The van der Waals surface area contributed by atoms with Crippen molar-refractivity contribution in [1.82, 2.24) is 4.57 Å². The number of furan rings is 1. The Balaban J connectivity index is 2.10. The number of aromatic nitrogens is 1. The predicted molar refractivity (Wildman–Crippen MR) is 92.7 cm³/mol. The van der Waals surface area contributed by atoms with Crippen molar-refractivity contribution >= 4 is 49.4 Å². The Morgan fingerprint density at radius 2 is 2.16 bits per heavy atom. The lowest BCUT2D eigenvalue weighted by Gasteiger charge is -2.04. The zero-order valence-corrected chi connectivity index (χ0v) is 15.4. The molecule has 9 heteroatoms. The predicted octanol–water partition coefficient (Wildman–Crippen LogP) is 3.50. The van der Waals surface area contributed by atoms with Crippen LogP contribution in [0.1, 0.15) is 17.5 Å². The van der Waals surface area contributed by atoms with Gasteiger partial charge in [-0.2, -0.15) is 4.99 Å². The van der Waals surface area contributed by atoms with Crippen molar-refractivity contribution in [2.24, 2.45) is 4.99 Å². The second-order valence-electron chi connectivity index (χ2n) is 4.91. The van der Waals surface area contributed by atoms with Gasteiger partial charge in [0, 0.05) is 0 Å². The molecule has 2 aromatic heterocycles. The van der Waals surface area contributed by atoms with E-state index in [1.54, 1.807) is 13.0 Å². The number of amides is 1. The topological polar surface area (TPSA) is 73.8 Å². The molecular formula is C16H12BrFN2O4S. The number of halogens is 2. The fraction of sp³-hybridized carbons (Fsp3) is 0.188. The molecule has 0 bridgehead atoms. The van der Waals surface area contributed by atoms with E-state index in [1.165, 1.54) is 28.8 Å². The van der Waals surface area contributed by atoms with E-state index in [0.29, 0.717) is 14.9 Å². The van der Waals surface area contributed by atoms with Crippen molar-refractivity contribution < 1.29 is 23.1 Å². The van der Waals surface area contributed by atoms with Crippen LogP contribution in [-0.2, 0) is 16.1 Å². The molecule has 0 unspecified atom stereocenters. The van der Waals surface area contributed by atoms with Gasteiger partial charge in [0.05, 0.1) is 16.8 Å². The van der Waals surface area contributed by atoms with Gasteiger partial charge in [-0.15, -0.1) is 0 Å². The fourth-order valence-corrected chi connectivity index (χ4v) is 3.55.